The summed E-state index contributed by atoms with van der Waals surface area (Å²) in [6.07, 6.45) is 0. The van der Waals surface area contributed by atoms with Crippen LogP contribution in [0.4, 0.5) is 0 Å². The van der Waals surface area contributed by atoms with Crippen LogP contribution >= 0.6 is 0 Å². The number of fused-ring (bicyclic) bond motifs is 1. The SMILES string of the molecule is CC(C)(C)NCc1c(C(=O)O)c2ccccc2c(=O)n1-c1ccccc1. The smallest absolute Gasteiger partial charge is 0.338 e. The molecule has 0 amide bonds. The van der Waals surface area contributed by atoms with Gasteiger partial charge < -0.3 is 10.4 Å². The van der Waals surface area contributed by atoms with E-state index in [0.29, 0.717) is 22.2 Å². The van der Waals surface area contributed by atoms with Gasteiger partial charge in [0.15, 0.2) is 0 Å². The third-order valence-electron chi connectivity index (χ3n) is 4.20. The van der Waals surface area contributed by atoms with Crippen molar-refractivity contribution in [3.63, 3.8) is 0 Å². The molecular formula is C21H22N2O3. The van der Waals surface area contributed by atoms with Gasteiger partial charge in [-0.3, -0.25) is 9.36 Å². The van der Waals surface area contributed by atoms with E-state index in [4.69, 9.17) is 0 Å². The Morgan fingerprint density at radius 1 is 1.00 bits per heavy atom. The maximum Gasteiger partial charge on any atom is 0.338 e. The van der Waals surface area contributed by atoms with Crippen LogP contribution in [0.5, 0.6) is 0 Å². The van der Waals surface area contributed by atoms with Gasteiger partial charge in [0, 0.05) is 28.5 Å². The van der Waals surface area contributed by atoms with Crippen molar-refractivity contribution in [2.45, 2.75) is 32.9 Å². The van der Waals surface area contributed by atoms with Gasteiger partial charge in [-0.2, -0.15) is 0 Å². The van der Waals surface area contributed by atoms with Crippen LogP contribution in [0, 0.1) is 0 Å². The van der Waals surface area contributed by atoms with Crippen LogP contribution in [0.3, 0.4) is 0 Å². The molecule has 3 aromatic rings. The van der Waals surface area contributed by atoms with Crippen LogP contribution in [0.2, 0.25) is 0 Å². The first-order chi connectivity index (χ1) is 12.3. The standard InChI is InChI=1S/C21H22N2O3/c1-21(2,3)22-13-17-18(20(25)26)15-11-7-8-12-16(15)19(24)23(17)14-9-5-4-6-10-14/h4-12,22H,13H2,1-3H3,(H,25,26). The minimum Gasteiger partial charge on any atom is -0.478 e. The Labute approximate surface area is 151 Å². The summed E-state index contributed by atoms with van der Waals surface area (Å²) in [6, 6.07) is 16.0. The molecule has 1 heterocycles. The number of hydrogen-bond acceptors (Lipinski definition) is 3. The van der Waals surface area contributed by atoms with Crippen molar-refractivity contribution < 1.29 is 9.90 Å². The molecule has 1 aromatic heterocycles. The summed E-state index contributed by atoms with van der Waals surface area (Å²) < 4.78 is 1.50. The van der Waals surface area contributed by atoms with Crippen molar-refractivity contribution in [1.29, 1.82) is 0 Å². The fraction of sp³-hybridized carbons (Fsp3) is 0.238. The van der Waals surface area contributed by atoms with E-state index in [9.17, 15) is 14.7 Å². The molecule has 0 saturated heterocycles. The van der Waals surface area contributed by atoms with Gasteiger partial charge in [-0.25, -0.2) is 4.79 Å². The highest BCUT2D eigenvalue weighted by molar-refractivity contribution is 6.04. The van der Waals surface area contributed by atoms with Crippen LogP contribution in [0.15, 0.2) is 59.4 Å². The van der Waals surface area contributed by atoms with Crippen molar-refractivity contribution in [3.05, 3.63) is 76.2 Å². The number of benzene rings is 2. The summed E-state index contributed by atoms with van der Waals surface area (Å²) in [6.45, 7) is 6.26. The first-order valence-electron chi connectivity index (χ1n) is 8.50. The van der Waals surface area contributed by atoms with E-state index >= 15 is 0 Å². The molecule has 0 fully saturated rings. The number of nitrogens with one attached hydrogen (secondary N) is 1. The van der Waals surface area contributed by atoms with Crippen LogP contribution in [-0.2, 0) is 6.54 Å². The van der Waals surface area contributed by atoms with Gasteiger partial charge in [0.2, 0.25) is 0 Å². The molecule has 0 aliphatic heterocycles. The lowest BCUT2D eigenvalue weighted by atomic mass is 10.0. The number of rotatable bonds is 4. The second kappa shape index (κ2) is 6.77. The number of nitrogens with zero attached hydrogens (tertiary/aromatic N) is 1. The van der Waals surface area contributed by atoms with E-state index in [0.717, 1.165) is 0 Å². The molecule has 0 radical (unpaired) electrons. The average molecular weight is 350 g/mol. The van der Waals surface area contributed by atoms with Gasteiger partial charge in [-0.1, -0.05) is 36.4 Å². The average Bonchev–Trinajstić information content (AvgIpc) is 2.60. The van der Waals surface area contributed by atoms with Crippen LogP contribution < -0.4 is 10.9 Å². The van der Waals surface area contributed by atoms with Crippen molar-refractivity contribution in [2.75, 3.05) is 0 Å². The zero-order valence-electron chi connectivity index (χ0n) is 15.1. The van der Waals surface area contributed by atoms with E-state index in [1.165, 1.54) is 4.57 Å². The van der Waals surface area contributed by atoms with Gasteiger partial charge in [-0.15, -0.1) is 0 Å². The Kier molecular flexibility index (Phi) is 4.66. The Bertz CT molecular complexity index is 1020. The number of hydrogen-bond donors (Lipinski definition) is 2. The lowest BCUT2D eigenvalue weighted by Crippen LogP contribution is -2.38. The van der Waals surface area contributed by atoms with E-state index in [1.807, 2.05) is 51.1 Å². The van der Waals surface area contributed by atoms with Gasteiger partial charge in [-0.05, 0) is 39.0 Å². The number of pyridine rings is 1. The zero-order valence-corrected chi connectivity index (χ0v) is 15.1. The second-order valence-electron chi connectivity index (χ2n) is 7.25. The summed E-state index contributed by atoms with van der Waals surface area (Å²) in [5.74, 6) is -1.04. The minimum atomic E-state index is -1.04. The minimum absolute atomic E-state index is 0.154. The molecule has 5 nitrogen and oxygen atoms in total. The summed E-state index contributed by atoms with van der Waals surface area (Å²) in [4.78, 5) is 25.3. The topological polar surface area (TPSA) is 71.3 Å². The Morgan fingerprint density at radius 3 is 2.15 bits per heavy atom. The molecule has 0 aliphatic rings. The van der Waals surface area contributed by atoms with E-state index < -0.39 is 5.97 Å². The van der Waals surface area contributed by atoms with Crippen LogP contribution in [-0.4, -0.2) is 21.2 Å². The van der Waals surface area contributed by atoms with E-state index in [-0.39, 0.29) is 23.2 Å². The molecule has 3 rings (SSSR count). The van der Waals surface area contributed by atoms with Gasteiger partial charge in [0.1, 0.15) is 0 Å². The molecule has 0 spiro atoms. The summed E-state index contributed by atoms with van der Waals surface area (Å²) in [7, 11) is 0. The number of carboxylic acids is 1. The third kappa shape index (κ3) is 3.39. The van der Waals surface area contributed by atoms with E-state index in [1.54, 1.807) is 24.3 Å². The molecule has 5 heteroatoms. The Balaban J connectivity index is 2.40. The number of carboxylic acid groups (broad SMARTS) is 1. The lowest BCUT2D eigenvalue weighted by Gasteiger charge is -2.24. The predicted molar refractivity (Wildman–Crippen MR) is 103 cm³/mol. The molecule has 0 saturated carbocycles. The number of para-hydroxylation sites is 1. The normalized spacial score (nSPS) is 11.7. The Morgan fingerprint density at radius 2 is 1.58 bits per heavy atom. The van der Waals surface area contributed by atoms with Gasteiger partial charge in [0.05, 0.1) is 11.3 Å². The van der Waals surface area contributed by atoms with Gasteiger partial charge in [0.25, 0.3) is 5.56 Å². The molecule has 26 heavy (non-hydrogen) atoms. The fourth-order valence-corrected chi connectivity index (χ4v) is 3.00. The largest absolute Gasteiger partial charge is 0.478 e. The second-order valence-corrected chi connectivity index (χ2v) is 7.25. The van der Waals surface area contributed by atoms with Crippen molar-refractivity contribution in [1.82, 2.24) is 9.88 Å². The predicted octanol–water partition coefficient (Wildman–Crippen LogP) is 3.58. The summed E-state index contributed by atoms with van der Waals surface area (Å²) in [5, 5.41) is 14.1. The molecule has 0 unspecified atom stereocenters. The fourth-order valence-electron chi connectivity index (χ4n) is 3.00. The van der Waals surface area contributed by atoms with Crippen LogP contribution in [0.25, 0.3) is 16.5 Å². The maximum absolute atomic E-state index is 13.2. The highest BCUT2D eigenvalue weighted by atomic mass is 16.4. The molecule has 2 N–H and O–H groups in total. The summed E-state index contributed by atoms with van der Waals surface area (Å²) >= 11 is 0. The number of aromatic carboxylic acids is 1. The van der Waals surface area contributed by atoms with Crippen LogP contribution in [0.1, 0.15) is 36.8 Å². The van der Waals surface area contributed by atoms with Crippen molar-refractivity contribution in [2.24, 2.45) is 0 Å². The zero-order chi connectivity index (χ0) is 18.9. The first kappa shape index (κ1) is 17.9. The molecule has 2 aromatic carbocycles. The first-order valence-corrected chi connectivity index (χ1v) is 8.50. The molecule has 0 bridgehead atoms. The van der Waals surface area contributed by atoms with Crippen molar-refractivity contribution in [3.8, 4) is 5.69 Å². The Hall–Kier alpha value is -2.92. The van der Waals surface area contributed by atoms with E-state index in [2.05, 4.69) is 5.32 Å². The molecular weight excluding hydrogens is 328 g/mol. The highest BCUT2D eigenvalue weighted by Crippen LogP contribution is 2.23. The van der Waals surface area contributed by atoms with Gasteiger partial charge >= 0.3 is 5.97 Å². The maximum atomic E-state index is 13.2. The summed E-state index contributed by atoms with van der Waals surface area (Å²) in [5.41, 5.74) is 0.806. The third-order valence-corrected chi connectivity index (χ3v) is 4.20. The number of aromatic nitrogens is 1. The molecule has 134 valence electrons. The van der Waals surface area contributed by atoms with Crippen molar-refractivity contribution >= 4 is 16.7 Å². The number of carbonyl (C=O) groups is 1. The lowest BCUT2D eigenvalue weighted by molar-refractivity contribution is 0.0696. The monoisotopic (exact) mass is 350 g/mol. The highest BCUT2D eigenvalue weighted by Gasteiger charge is 2.23. The molecule has 0 aliphatic carbocycles. The molecule has 0 atom stereocenters. The quantitative estimate of drug-likeness (QED) is 0.754.